The van der Waals surface area contributed by atoms with Crippen LogP contribution in [0.5, 0.6) is 0 Å². The molecule has 8 heteroatoms. The van der Waals surface area contributed by atoms with E-state index in [0.29, 0.717) is 36.8 Å². The van der Waals surface area contributed by atoms with Crippen LogP contribution in [-0.4, -0.2) is 49.6 Å². The van der Waals surface area contributed by atoms with Crippen LogP contribution in [0, 0.1) is 6.92 Å². The molecule has 2 aliphatic rings. The van der Waals surface area contributed by atoms with Gasteiger partial charge in [-0.1, -0.05) is 30.3 Å². The largest absolute Gasteiger partial charge is 0.327 e. The molecule has 1 saturated heterocycles. The number of rotatable bonds is 5. The number of aryl methyl sites for hydroxylation is 2. The average molecular weight is 445 g/mol. The molecule has 0 aliphatic carbocycles. The van der Waals surface area contributed by atoms with Crippen molar-refractivity contribution in [3.63, 3.8) is 0 Å². The number of likely N-dealkylation sites (tertiary alicyclic amines) is 1. The van der Waals surface area contributed by atoms with E-state index in [1.54, 1.807) is 28.9 Å². The van der Waals surface area contributed by atoms with Gasteiger partial charge in [0.15, 0.2) is 5.82 Å². The van der Waals surface area contributed by atoms with Crippen LogP contribution in [0.2, 0.25) is 0 Å². The summed E-state index contributed by atoms with van der Waals surface area (Å²) in [5.41, 5.74) is 3.46. The van der Waals surface area contributed by atoms with Gasteiger partial charge in [0.1, 0.15) is 11.5 Å². The van der Waals surface area contributed by atoms with Crippen molar-refractivity contribution in [3.8, 4) is 0 Å². The normalized spacial score (nSPS) is 18.0. The highest BCUT2D eigenvalue weighted by Crippen LogP contribution is 2.35. The zero-order valence-corrected chi connectivity index (χ0v) is 19.1. The first-order chi connectivity index (χ1) is 16.0. The van der Waals surface area contributed by atoms with E-state index in [1.807, 2.05) is 30.0 Å². The number of hydrogen-bond donors (Lipinski definition) is 0. The standard InChI is InChI=1S/C25H28N6O2/c1-17-19-16-22(32)31(15-12-18-8-4-3-5-9-18)24(19)28-23(27-17)20-10-6-7-14-30(20)25(33)21-11-13-26-29(21)2/h3-5,8-9,11,13,20H,6-7,10,12,14-16H2,1-2H3/t20-/m1/s1. The van der Waals surface area contributed by atoms with Crippen LogP contribution in [-0.2, 0) is 24.7 Å². The fourth-order valence-electron chi connectivity index (χ4n) is 4.84. The Hall–Kier alpha value is -3.55. The number of carbonyl (C=O) groups is 2. The van der Waals surface area contributed by atoms with Gasteiger partial charge >= 0.3 is 0 Å². The molecule has 1 aromatic carbocycles. The minimum absolute atomic E-state index is 0.0570. The predicted octanol–water partition coefficient (Wildman–Crippen LogP) is 3.02. The van der Waals surface area contributed by atoms with Crippen LogP contribution in [0.4, 0.5) is 5.82 Å². The van der Waals surface area contributed by atoms with Gasteiger partial charge in [-0.05, 0) is 44.2 Å². The van der Waals surface area contributed by atoms with Crippen molar-refractivity contribution in [1.82, 2.24) is 24.6 Å². The maximum atomic E-state index is 13.3. The smallest absolute Gasteiger partial charge is 0.272 e. The van der Waals surface area contributed by atoms with Crippen molar-refractivity contribution in [1.29, 1.82) is 0 Å². The lowest BCUT2D eigenvalue weighted by atomic mass is 10.0. The third-order valence-electron chi connectivity index (χ3n) is 6.66. The number of aromatic nitrogens is 4. The maximum absolute atomic E-state index is 13.3. The third-order valence-corrected chi connectivity index (χ3v) is 6.66. The molecule has 0 unspecified atom stereocenters. The number of anilines is 1. The van der Waals surface area contributed by atoms with Gasteiger partial charge in [-0.2, -0.15) is 5.10 Å². The summed E-state index contributed by atoms with van der Waals surface area (Å²) in [5, 5.41) is 4.15. The Kier molecular flexibility index (Phi) is 5.66. The number of carbonyl (C=O) groups excluding carboxylic acids is 2. The molecule has 4 heterocycles. The molecule has 33 heavy (non-hydrogen) atoms. The Labute approximate surface area is 193 Å². The second kappa shape index (κ2) is 8.77. The molecule has 170 valence electrons. The van der Waals surface area contributed by atoms with Gasteiger partial charge in [0.05, 0.1) is 12.5 Å². The first-order valence-corrected chi connectivity index (χ1v) is 11.5. The van der Waals surface area contributed by atoms with E-state index in [2.05, 4.69) is 17.2 Å². The molecule has 0 spiro atoms. The van der Waals surface area contributed by atoms with Gasteiger partial charge in [0.2, 0.25) is 5.91 Å². The fraction of sp³-hybridized carbons (Fsp3) is 0.400. The van der Waals surface area contributed by atoms with E-state index in [1.165, 1.54) is 5.56 Å². The molecule has 2 aromatic heterocycles. The molecule has 3 aromatic rings. The van der Waals surface area contributed by atoms with Crippen molar-refractivity contribution in [2.24, 2.45) is 7.05 Å². The van der Waals surface area contributed by atoms with Crippen LogP contribution >= 0.6 is 0 Å². The topological polar surface area (TPSA) is 84.2 Å². The van der Waals surface area contributed by atoms with Crippen LogP contribution in [0.1, 0.15) is 58.4 Å². The molecule has 8 nitrogen and oxygen atoms in total. The van der Waals surface area contributed by atoms with Gasteiger partial charge in [0, 0.05) is 37.6 Å². The first-order valence-electron chi connectivity index (χ1n) is 11.5. The molecule has 5 rings (SSSR count). The summed E-state index contributed by atoms with van der Waals surface area (Å²) in [6, 6.07) is 11.7. The van der Waals surface area contributed by atoms with E-state index in [9.17, 15) is 9.59 Å². The van der Waals surface area contributed by atoms with Crippen molar-refractivity contribution >= 4 is 17.6 Å². The Balaban J connectivity index is 1.45. The molecule has 2 amide bonds. The molecule has 0 N–H and O–H groups in total. The lowest BCUT2D eigenvalue weighted by Gasteiger charge is -2.35. The summed E-state index contributed by atoms with van der Waals surface area (Å²) < 4.78 is 1.60. The zero-order valence-electron chi connectivity index (χ0n) is 19.1. The lowest BCUT2D eigenvalue weighted by molar-refractivity contribution is -0.117. The summed E-state index contributed by atoms with van der Waals surface area (Å²) in [6.07, 6.45) is 5.50. The summed E-state index contributed by atoms with van der Waals surface area (Å²) in [6.45, 7) is 3.17. The number of fused-ring (bicyclic) bond motifs is 1. The highest BCUT2D eigenvalue weighted by Gasteiger charge is 2.36. The Morgan fingerprint density at radius 2 is 1.94 bits per heavy atom. The highest BCUT2D eigenvalue weighted by atomic mass is 16.2. The first kappa shape index (κ1) is 21.3. The van der Waals surface area contributed by atoms with Gasteiger partial charge in [0.25, 0.3) is 5.91 Å². The van der Waals surface area contributed by atoms with E-state index in [-0.39, 0.29) is 17.9 Å². The number of amides is 2. The highest BCUT2D eigenvalue weighted by molar-refractivity contribution is 6.00. The van der Waals surface area contributed by atoms with Gasteiger partial charge in [-0.3, -0.25) is 19.2 Å². The van der Waals surface area contributed by atoms with Crippen molar-refractivity contribution in [2.75, 3.05) is 18.0 Å². The molecule has 2 aliphatic heterocycles. The summed E-state index contributed by atoms with van der Waals surface area (Å²) in [7, 11) is 1.78. The lowest BCUT2D eigenvalue weighted by Crippen LogP contribution is -2.40. The summed E-state index contributed by atoms with van der Waals surface area (Å²) in [5.74, 6) is 1.33. The number of nitrogens with zero attached hydrogens (tertiary/aromatic N) is 6. The second-order valence-corrected chi connectivity index (χ2v) is 8.78. The fourth-order valence-corrected chi connectivity index (χ4v) is 4.84. The van der Waals surface area contributed by atoms with Crippen LogP contribution in [0.25, 0.3) is 0 Å². The Morgan fingerprint density at radius 1 is 1.12 bits per heavy atom. The molecular weight excluding hydrogens is 416 g/mol. The molecule has 1 atom stereocenters. The van der Waals surface area contributed by atoms with Gasteiger partial charge < -0.3 is 4.90 Å². The SMILES string of the molecule is Cc1nc([C@H]2CCCCN2C(=O)c2ccnn2C)nc2c1CC(=O)N2CCc1ccccc1. The van der Waals surface area contributed by atoms with Crippen LogP contribution in [0.3, 0.4) is 0 Å². The minimum Gasteiger partial charge on any atom is -0.327 e. The predicted molar refractivity (Wildman–Crippen MR) is 124 cm³/mol. The van der Waals surface area contributed by atoms with Crippen molar-refractivity contribution in [3.05, 3.63) is 70.9 Å². The number of piperidine rings is 1. The van der Waals surface area contributed by atoms with Gasteiger partial charge in [-0.25, -0.2) is 9.97 Å². The number of hydrogen-bond acceptors (Lipinski definition) is 5. The minimum atomic E-state index is -0.211. The van der Waals surface area contributed by atoms with Crippen LogP contribution in [0.15, 0.2) is 42.6 Å². The van der Waals surface area contributed by atoms with Crippen molar-refractivity contribution in [2.45, 2.75) is 45.1 Å². The summed E-state index contributed by atoms with van der Waals surface area (Å²) in [4.78, 5) is 39.5. The second-order valence-electron chi connectivity index (χ2n) is 8.78. The zero-order chi connectivity index (χ0) is 22.9. The number of benzene rings is 1. The van der Waals surface area contributed by atoms with E-state index >= 15 is 0 Å². The molecule has 0 saturated carbocycles. The molecule has 0 bridgehead atoms. The third kappa shape index (κ3) is 4.01. The van der Waals surface area contributed by atoms with Gasteiger partial charge in [-0.15, -0.1) is 0 Å². The van der Waals surface area contributed by atoms with E-state index in [4.69, 9.17) is 9.97 Å². The van der Waals surface area contributed by atoms with Crippen LogP contribution < -0.4 is 4.90 Å². The average Bonchev–Trinajstić information content (AvgIpc) is 3.40. The van der Waals surface area contributed by atoms with E-state index in [0.717, 1.165) is 36.9 Å². The Morgan fingerprint density at radius 3 is 2.70 bits per heavy atom. The molecular formula is C25H28N6O2. The molecule has 0 radical (unpaired) electrons. The quantitative estimate of drug-likeness (QED) is 0.604. The Bertz CT molecular complexity index is 1190. The van der Waals surface area contributed by atoms with E-state index < -0.39 is 0 Å². The monoisotopic (exact) mass is 444 g/mol. The van der Waals surface area contributed by atoms with Crippen molar-refractivity contribution < 1.29 is 9.59 Å². The molecule has 1 fully saturated rings. The maximum Gasteiger partial charge on any atom is 0.272 e. The summed E-state index contributed by atoms with van der Waals surface area (Å²) >= 11 is 0.